The number of nitrogens with zero attached hydrogens (tertiary/aromatic N) is 5. The number of fused-ring (bicyclic) bond motifs is 1. The van der Waals surface area contributed by atoms with Gasteiger partial charge >= 0.3 is 0 Å². The Morgan fingerprint density at radius 1 is 1.05 bits per heavy atom. The van der Waals surface area contributed by atoms with Crippen molar-refractivity contribution in [1.29, 1.82) is 0 Å². The highest BCUT2D eigenvalue weighted by atomic mass is 19.1. The van der Waals surface area contributed by atoms with Crippen LogP contribution < -0.4 is 16.0 Å². The molecule has 0 bridgehead atoms. The van der Waals surface area contributed by atoms with Crippen LogP contribution in [-0.4, -0.2) is 44.1 Å². The van der Waals surface area contributed by atoms with E-state index in [-0.39, 0.29) is 17.7 Å². The number of nitrogens with one attached hydrogen (secondary N) is 3. The van der Waals surface area contributed by atoms with E-state index < -0.39 is 11.8 Å². The molecule has 3 N–H and O–H groups in total. The van der Waals surface area contributed by atoms with Crippen LogP contribution in [0.5, 0.6) is 0 Å². The van der Waals surface area contributed by atoms with E-state index in [9.17, 15) is 8.78 Å². The van der Waals surface area contributed by atoms with Crippen molar-refractivity contribution in [2.75, 3.05) is 23.7 Å². The van der Waals surface area contributed by atoms with Gasteiger partial charge in [-0.2, -0.15) is 9.37 Å². The van der Waals surface area contributed by atoms with Gasteiger partial charge in [-0.1, -0.05) is 25.2 Å². The van der Waals surface area contributed by atoms with Crippen molar-refractivity contribution in [3.8, 4) is 11.4 Å². The molecule has 0 spiro atoms. The third kappa shape index (κ3) is 4.63. The number of piperidine rings is 1. The molecule has 1 aliphatic carbocycles. The molecule has 37 heavy (non-hydrogen) atoms. The molecule has 1 aliphatic heterocycles. The minimum absolute atomic E-state index is 0.246. The average Bonchev–Trinajstić information content (AvgIpc) is 2.87. The normalized spacial score (nSPS) is 18.8. The molecule has 0 amide bonds. The summed E-state index contributed by atoms with van der Waals surface area (Å²) in [6.45, 7) is 4.08. The third-order valence-electron chi connectivity index (χ3n) is 6.65. The first kappa shape index (κ1) is 23.1. The number of anilines is 3. The molecule has 5 heterocycles. The molecule has 0 radical (unpaired) electrons. The highest BCUT2D eigenvalue weighted by molar-refractivity contribution is 6.02. The largest absolute Gasteiger partial charge is 0.366 e. The second kappa shape index (κ2) is 9.62. The summed E-state index contributed by atoms with van der Waals surface area (Å²) in [6, 6.07) is 5.67. The maximum atomic E-state index is 14.1. The van der Waals surface area contributed by atoms with Crippen molar-refractivity contribution in [2.45, 2.75) is 19.4 Å². The van der Waals surface area contributed by atoms with E-state index in [0.29, 0.717) is 22.8 Å². The summed E-state index contributed by atoms with van der Waals surface area (Å²) < 4.78 is 27.7. The van der Waals surface area contributed by atoms with E-state index in [1.165, 1.54) is 0 Å². The Morgan fingerprint density at radius 2 is 1.95 bits per heavy atom. The van der Waals surface area contributed by atoms with Crippen LogP contribution in [-0.2, 0) is 0 Å². The summed E-state index contributed by atoms with van der Waals surface area (Å²) in [4.78, 5) is 22.0. The quantitative estimate of drug-likeness (QED) is 0.324. The van der Waals surface area contributed by atoms with Gasteiger partial charge in [-0.3, -0.25) is 4.98 Å². The fourth-order valence-corrected chi connectivity index (χ4v) is 4.58. The molecule has 8 nitrogen and oxygen atoms in total. The van der Waals surface area contributed by atoms with Crippen molar-refractivity contribution in [2.24, 2.45) is 5.92 Å². The molecular formula is C27H24F2N8. The van der Waals surface area contributed by atoms with E-state index in [1.807, 2.05) is 24.4 Å². The van der Waals surface area contributed by atoms with Crippen molar-refractivity contribution in [3.63, 3.8) is 0 Å². The van der Waals surface area contributed by atoms with E-state index in [4.69, 9.17) is 9.97 Å². The highest BCUT2D eigenvalue weighted by Crippen LogP contribution is 2.34. The third-order valence-corrected chi connectivity index (χ3v) is 6.65. The number of rotatable bonds is 6. The van der Waals surface area contributed by atoms with Gasteiger partial charge in [0.15, 0.2) is 17.5 Å². The number of halogens is 2. The lowest BCUT2D eigenvalue weighted by Crippen LogP contribution is -2.42. The van der Waals surface area contributed by atoms with Crippen LogP contribution in [0.15, 0.2) is 61.1 Å². The van der Waals surface area contributed by atoms with Crippen molar-refractivity contribution >= 4 is 33.9 Å². The van der Waals surface area contributed by atoms with Gasteiger partial charge in [-0.25, -0.2) is 19.3 Å². The molecular weight excluding hydrogens is 474 g/mol. The van der Waals surface area contributed by atoms with Gasteiger partial charge in [0.25, 0.3) is 0 Å². The van der Waals surface area contributed by atoms with Crippen molar-refractivity contribution in [3.05, 3.63) is 78.4 Å². The zero-order chi connectivity index (χ0) is 25.4. The molecule has 10 heteroatoms. The first-order valence-electron chi connectivity index (χ1n) is 12.1. The van der Waals surface area contributed by atoms with Gasteiger partial charge in [0, 0.05) is 29.6 Å². The fourth-order valence-electron chi connectivity index (χ4n) is 4.58. The molecule has 1 saturated heterocycles. The van der Waals surface area contributed by atoms with Crippen LogP contribution in [0.4, 0.5) is 26.2 Å². The highest BCUT2D eigenvalue weighted by Gasteiger charge is 2.24. The van der Waals surface area contributed by atoms with Crippen molar-refractivity contribution in [1.82, 2.24) is 30.2 Å². The lowest BCUT2D eigenvalue weighted by atomic mass is 9.94. The number of hydrogen-bond donors (Lipinski definition) is 3. The molecule has 0 unspecified atom stereocenters. The minimum atomic E-state index is -0.791. The lowest BCUT2D eigenvalue weighted by molar-refractivity contribution is 0.368. The molecule has 186 valence electrons. The lowest BCUT2D eigenvalue weighted by Gasteiger charge is -2.31. The molecule has 2 aliphatic rings. The first-order chi connectivity index (χ1) is 18.0. The van der Waals surface area contributed by atoms with Crippen LogP contribution in [0.2, 0.25) is 0 Å². The predicted molar refractivity (Wildman–Crippen MR) is 139 cm³/mol. The monoisotopic (exact) mass is 498 g/mol. The average molecular weight is 499 g/mol. The fraction of sp³-hybridized carbons (Fsp3) is 0.222. The Morgan fingerprint density at radius 3 is 2.76 bits per heavy atom. The standard InChI is InChI=1S/C27H24F2N8/c1-15-12-30-9-8-20(15)33-27-24-18(16-3-2-4-16)13-31-14-21(24)34-25(37-27)17-7-10-32-23(11-17)36-26-19(28)5-6-22(29)35-26/h2-7,10-11,13-15,20,30H,8-9,12H2,1H3,(H,32,35,36)(H,33,34,37)/t15-,20+/m0/s1. The second-order valence-corrected chi connectivity index (χ2v) is 9.20. The topological polar surface area (TPSA) is 101 Å². The molecule has 4 aromatic rings. The predicted octanol–water partition coefficient (Wildman–Crippen LogP) is 4.87. The maximum Gasteiger partial charge on any atom is 0.214 e. The summed E-state index contributed by atoms with van der Waals surface area (Å²) >= 11 is 0. The van der Waals surface area contributed by atoms with Gasteiger partial charge in [-0.05, 0) is 55.3 Å². The molecule has 0 aromatic carbocycles. The summed E-state index contributed by atoms with van der Waals surface area (Å²) in [5.74, 6) is 0.184. The van der Waals surface area contributed by atoms with Crippen molar-refractivity contribution < 1.29 is 8.78 Å². The van der Waals surface area contributed by atoms with Gasteiger partial charge < -0.3 is 16.0 Å². The molecule has 1 fully saturated rings. The van der Waals surface area contributed by atoms with E-state index in [1.54, 1.807) is 24.5 Å². The van der Waals surface area contributed by atoms with Gasteiger partial charge in [0.2, 0.25) is 5.95 Å². The second-order valence-electron chi connectivity index (χ2n) is 9.20. The van der Waals surface area contributed by atoms with E-state index in [2.05, 4.69) is 37.8 Å². The van der Waals surface area contributed by atoms with Crippen LogP contribution in [0.1, 0.15) is 18.9 Å². The first-order valence-corrected chi connectivity index (χ1v) is 12.1. The summed E-state index contributed by atoms with van der Waals surface area (Å²) in [5.41, 5.74) is 3.42. The zero-order valence-corrected chi connectivity index (χ0v) is 20.0. The molecule has 4 aromatic heterocycles. The Kier molecular flexibility index (Phi) is 6.01. The minimum Gasteiger partial charge on any atom is -0.366 e. The van der Waals surface area contributed by atoms with E-state index in [0.717, 1.165) is 54.0 Å². The van der Waals surface area contributed by atoms with Gasteiger partial charge in [0.1, 0.15) is 11.6 Å². The van der Waals surface area contributed by atoms with Crippen LogP contribution in [0.3, 0.4) is 0 Å². The van der Waals surface area contributed by atoms with E-state index >= 15 is 0 Å². The van der Waals surface area contributed by atoms with Crippen LogP contribution in [0, 0.1) is 17.7 Å². The Bertz CT molecular complexity index is 1550. The number of allylic oxidation sites excluding steroid dienone is 4. The SMILES string of the molecule is C[C@H]1CNCC[C@H]1Nc1nc(-c2ccnc(Nc3nc(F)ccc3F)c2)nc2cncc(C3=CC=C3)c12. The Balaban J connectivity index is 1.42. The summed E-state index contributed by atoms with van der Waals surface area (Å²) in [5, 5.41) is 10.8. The van der Waals surface area contributed by atoms with Crippen LogP contribution in [0.25, 0.3) is 27.9 Å². The molecule has 6 rings (SSSR count). The Labute approximate surface area is 212 Å². The zero-order valence-electron chi connectivity index (χ0n) is 20.0. The molecule has 0 saturated carbocycles. The number of pyridine rings is 3. The smallest absolute Gasteiger partial charge is 0.214 e. The maximum absolute atomic E-state index is 14.1. The summed E-state index contributed by atoms with van der Waals surface area (Å²) in [6.07, 6.45) is 12.2. The van der Waals surface area contributed by atoms with Crippen LogP contribution >= 0.6 is 0 Å². The summed E-state index contributed by atoms with van der Waals surface area (Å²) in [7, 11) is 0. The number of hydrogen-bond acceptors (Lipinski definition) is 8. The molecule has 2 atom stereocenters. The number of aromatic nitrogens is 5. The Hall–Kier alpha value is -4.31. The van der Waals surface area contributed by atoms with Gasteiger partial charge in [-0.15, -0.1) is 0 Å². The van der Waals surface area contributed by atoms with Gasteiger partial charge in [0.05, 0.1) is 17.1 Å².